The summed E-state index contributed by atoms with van der Waals surface area (Å²) in [5.74, 6) is -0.0612. The van der Waals surface area contributed by atoms with Crippen molar-refractivity contribution >= 4 is 5.91 Å². The first-order valence-corrected chi connectivity index (χ1v) is 4.50. The molecule has 0 spiro atoms. The van der Waals surface area contributed by atoms with Crippen molar-refractivity contribution in [2.45, 2.75) is 19.5 Å². The number of nitrogens with zero attached hydrogens (tertiary/aromatic N) is 2. The largest absolute Gasteiger partial charge is 0.340 e. The minimum absolute atomic E-state index is 0.0612. The molecule has 0 radical (unpaired) electrons. The zero-order valence-corrected chi connectivity index (χ0v) is 8.47. The molecule has 1 amide bonds. The lowest BCUT2D eigenvalue weighted by Gasteiger charge is -2.18. The SMILES string of the molecule is C[C@@H](N)C(=O)N(C)Cc1cccnc1. The van der Waals surface area contributed by atoms with E-state index in [0.717, 1.165) is 5.56 Å². The van der Waals surface area contributed by atoms with E-state index in [1.165, 1.54) is 0 Å². The predicted octanol–water partition coefficient (Wildman–Crippen LogP) is 0.387. The molecule has 0 saturated carbocycles. The standard InChI is InChI=1S/C10H15N3O/c1-8(11)10(14)13(2)7-9-4-3-5-12-6-9/h3-6,8H,7,11H2,1-2H3/t8-/m1/s1. The number of hydrogen-bond donors (Lipinski definition) is 1. The fourth-order valence-electron chi connectivity index (χ4n) is 1.19. The average Bonchev–Trinajstić information content (AvgIpc) is 2.18. The Balaban J connectivity index is 2.57. The van der Waals surface area contributed by atoms with Gasteiger partial charge in [0, 0.05) is 26.0 Å². The Hall–Kier alpha value is -1.42. The first-order valence-electron chi connectivity index (χ1n) is 4.50. The van der Waals surface area contributed by atoms with E-state index in [-0.39, 0.29) is 5.91 Å². The molecule has 0 bridgehead atoms. The lowest BCUT2D eigenvalue weighted by molar-refractivity contribution is -0.131. The molecule has 76 valence electrons. The van der Waals surface area contributed by atoms with Crippen molar-refractivity contribution in [3.05, 3.63) is 30.1 Å². The van der Waals surface area contributed by atoms with Gasteiger partial charge in [-0.25, -0.2) is 0 Å². The van der Waals surface area contributed by atoms with E-state index >= 15 is 0 Å². The molecule has 0 unspecified atom stereocenters. The van der Waals surface area contributed by atoms with Crippen LogP contribution in [-0.4, -0.2) is 28.9 Å². The lowest BCUT2D eigenvalue weighted by Crippen LogP contribution is -2.39. The van der Waals surface area contributed by atoms with Crippen LogP contribution in [-0.2, 0) is 11.3 Å². The third-order valence-corrected chi connectivity index (χ3v) is 1.91. The van der Waals surface area contributed by atoms with E-state index < -0.39 is 6.04 Å². The van der Waals surface area contributed by atoms with Gasteiger partial charge < -0.3 is 10.6 Å². The summed E-state index contributed by atoms with van der Waals surface area (Å²) in [5, 5.41) is 0. The third-order valence-electron chi connectivity index (χ3n) is 1.91. The smallest absolute Gasteiger partial charge is 0.239 e. The molecule has 4 heteroatoms. The summed E-state index contributed by atoms with van der Waals surface area (Å²) in [4.78, 5) is 17.0. The summed E-state index contributed by atoms with van der Waals surface area (Å²) < 4.78 is 0. The van der Waals surface area contributed by atoms with Crippen LogP contribution in [0.3, 0.4) is 0 Å². The van der Waals surface area contributed by atoms with Crippen LogP contribution in [0.15, 0.2) is 24.5 Å². The maximum Gasteiger partial charge on any atom is 0.239 e. The molecule has 1 atom stereocenters. The molecule has 4 nitrogen and oxygen atoms in total. The van der Waals surface area contributed by atoms with Crippen LogP contribution in [0.4, 0.5) is 0 Å². The quantitative estimate of drug-likeness (QED) is 0.755. The van der Waals surface area contributed by atoms with Gasteiger partial charge in [-0.3, -0.25) is 9.78 Å². The maximum atomic E-state index is 11.4. The third kappa shape index (κ3) is 2.81. The Morgan fingerprint density at radius 2 is 2.43 bits per heavy atom. The van der Waals surface area contributed by atoms with Crippen molar-refractivity contribution in [3.8, 4) is 0 Å². The van der Waals surface area contributed by atoms with E-state index in [4.69, 9.17) is 5.73 Å². The highest BCUT2D eigenvalue weighted by molar-refractivity contribution is 5.80. The zero-order valence-electron chi connectivity index (χ0n) is 8.47. The number of likely N-dealkylation sites (N-methyl/N-ethyl adjacent to an activating group) is 1. The Kier molecular flexibility index (Phi) is 3.59. The van der Waals surface area contributed by atoms with Gasteiger partial charge in [0.15, 0.2) is 0 Å². The highest BCUT2D eigenvalue weighted by Gasteiger charge is 2.12. The normalized spacial score (nSPS) is 12.2. The Morgan fingerprint density at radius 1 is 1.71 bits per heavy atom. The second kappa shape index (κ2) is 4.72. The molecule has 0 aliphatic heterocycles. The summed E-state index contributed by atoms with van der Waals surface area (Å²) in [7, 11) is 1.73. The molecular weight excluding hydrogens is 178 g/mol. The second-order valence-electron chi connectivity index (χ2n) is 3.34. The number of aromatic nitrogens is 1. The number of carbonyl (C=O) groups is 1. The number of rotatable bonds is 3. The maximum absolute atomic E-state index is 11.4. The van der Waals surface area contributed by atoms with E-state index in [1.54, 1.807) is 31.3 Å². The first kappa shape index (κ1) is 10.7. The van der Waals surface area contributed by atoms with Crippen molar-refractivity contribution < 1.29 is 4.79 Å². The molecule has 0 aromatic carbocycles. The molecule has 1 aromatic rings. The van der Waals surface area contributed by atoms with Crippen LogP contribution >= 0.6 is 0 Å². The second-order valence-corrected chi connectivity index (χ2v) is 3.34. The van der Waals surface area contributed by atoms with E-state index in [0.29, 0.717) is 6.54 Å². The number of hydrogen-bond acceptors (Lipinski definition) is 3. The van der Waals surface area contributed by atoms with E-state index in [1.807, 2.05) is 12.1 Å². The molecule has 0 saturated heterocycles. The molecule has 1 rings (SSSR count). The lowest BCUT2D eigenvalue weighted by atomic mass is 10.2. The Bertz CT molecular complexity index is 297. The summed E-state index contributed by atoms with van der Waals surface area (Å²) in [6.45, 7) is 2.23. The number of pyridine rings is 1. The minimum Gasteiger partial charge on any atom is -0.340 e. The first-order chi connectivity index (χ1) is 6.61. The number of amides is 1. The topological polar surface area (TPSA) is 59.2 Å². The van der Waals surface area contributed by atoms with Gasteiger partial charge >= 0.3 is 0 Å². The van der Waals surface area contributed by atoms with Crippen LogP contribution in [0, 0.1) is 0 Å². The van der Waals surface area contributed by atoms with Gasteiger partial charge in [0.25, 0.3) is 0 Å². The van der Waals surface area contributed by atoms with Crippen LogP contribution in [0.25, 0.3) is 0 Å². The van der Waals surface area contributed by atoms with Gasteiger partial charge in [0.05, 0.1) is 6.04 Å². The number of carbonyl (C=O) groups excluding carboxylic acids is 1. The monoisotopic (exact) mass is 193 g/mol. The number of nitrogens with two attached hydrogens (primary N) is 1. The Labute approximate surface area is 83.7 Å². The van der Waals surface area contributed by atoms with Crippen LogP contribution in [0.1, 0.15) is 12.5 Å². The summed E-state index contributed by atoms with van der Waals surface area (Å²) in [6.07, 6.45) is 3.45. The predicted molar refractivity (Wildman–Crippen MR) is 54.4 cm³/mol. The minimum atomic E-state index is -0.448. The van der Waals surface area contributed by atoms with Crippen LogP contribution in [0.5, 0.6) is 0 Å². The van der Waals surface area contributed by atoms with Gasteiger partial charge in [0.1, 0.15) is 0 Å². The summed E-state index contributed by atoms with van der Waals surface area (Å²) in [5.41, 5.74) is 6.49. The highest BCUT2D eigenvalue weighted by atomic mass is 16.2. The molecule has 14 heavy (non-hydrogen) atoms. The summed E-state index contributed by atoms with van der Waals surface area (Å²) >= 11 is 0. The molecule has 1 heterocycles. The molecule has 0 aliphatic rings. The van der Waals surface area contributed by atoms with Gasteiger partial charge in [0.2, 0.25) is 5.91 Å². The van der Waals surface area contributed by atoms with Crippen LogP contribution < -0.4 is 5.73 Å². The van der Waals surface area contributed by atoms with Crippen molar-refractivity contribution in [1.82, 2.24) is 9.88 Å². The summed E-state index contributed by atoms with van der Waals surface area (Å²) in [6, 6.07) is 3.33. The van der Waals surface area contributed by atoms with Crippen molar-refractivity contribution in [3.63, 3.8) is 0 Å². The van der Waals surface area contributed by atoms with Gasteiger partial charge in [-0.1, -0.05) is 6.07 Å². The average molecular weight is 193 g/mol. The molecule has 0 aliphatic carbocycles. The fourth-order valence-corrected chi connectivity index (χ4v) is 1.19. The molecule has 2 N–H and O–H groups in total. The van der Waals surface area contributed by atoms with Crippen LogP contribution in [0.2, 0.25) is 0 Å². The van der Waals surface area contributed by atoms with Crippen molar-refractivity contribution in [2.75, 3.05) is 7.05 Å². The molecule has 0 fully saturated rings. The fraction of sp³-hybridized carbons (Fsp3) is 0.400. The molecular formula is C10H15N3O. The van der Waals surface area contributed by atoms with E-state index in [2.05, 4.69) is 4.98 Å². The van der Waals surface area contributed by atoms with Crippen molar-refractivity contribution in [2.24, 2.45) is 5.73 Å². The highest BCUT2D eigenvalue weighted by Crippen LogP contribution is 2.01. The van der Waals surface area contributed by atoms with Crippen molar-refractivity contribution in [1.29, 1.82) is 0 Å². The van der Waals surface area contributed by atoms with Gasteiger partial charge in [-0.05, 0) is 18.6 Å². The zero-order chi connectivity index (χ0) is 10.6. The van der Waals surface area contributed by atoms with Gasteiger partial charge in [-0.15, -0.1) is 0 Å². The van der Waals surface area contributed by atoms with Gasteiger partial charge in [-0.2, -0.15) is 0 Å². The Morgan fingerprint density at radius 3 is 2.93 bits per heavy atom. The molecule has 1 aromatic heterocycles. The van der Waals surface area contributed by atoms with E-state index in [9.17, 15) is 4.79 Å².